The molecule has 120 valence electrons. The second-order valence-electron chi connectivity index (χ2n) is 6.57. The molecule has 0 aromatic rings. The minimum atomic E-state index is -0.0558. The standard InChI is InChI=1S/C16H27NO4/c1-2-20-15(18)13-4-3-7-17(11-13)14-5-8-21-16(10-14)6-9-19-12-16/h13-14H,2-12H2,1H3. The van der Waals surface area contributed by atoms with Crippen LogP contribution in [0, 0.1) is 5.92 Å². The van der Waals surface area contributed by atoms with E-state index in [9.17, 15) is 4.79 Å². The fourth-order valence-corrected chi connectivity index (χ4v) is 3.97. The second kappa shape index (κ2) is 6.63. The maximum absolute atomic E-state index is 12.0. The number of likely N-dealkylation sites (tertiary alicyclic amines) is 1. The Hall–Kier alpha value is -0.650. The first-order valence-corrected chi connectivity index (χ1v) is 8.35. The van der Waals surface area contributed by atoms with Crippen LogP contribution in [0.4, 0.5) is 0 Å². The summed E-state index contributed by atoms with van der Waals surface area (Å²) in [5.41, 5.74) is -0.0558. The molecule has 0 aromatic heterocycles. The summed E-state index contributed by atoms with van der Waals surface area (Å²) >= 11 is 0. The molecule has 3 saturated heterocycles. The molecule has 0 bridgehead atoms. The molecule has 3 aliphatic heterocycles. The molecule has 0 aliphatic carbocycles. The lowest BCUT2D eigenvalue weighted by atomic mass is 9.87. The van der Waals surface area contributed by atoms with Crippen molar-refractivity contribution in [3.8, 4) is 0 Å². The number of nitrogens with zero attached hydrogens (tertiary/aromatic N) is 1. The number of rotatable bonds is 3. The summed E-state index contributed by atoms with van der Waals surface area (Å²) in [6, 6.07) is 0.526. The summed E-state index contributed by atoms with van der Waals surface area (Å²) in [5, 5.41) is 0. The Labute approximate surface area is 126 Å². The molecule has 5 heteroatoms. The van der Waals surface area contributed by atoms with Gasteiger partial charge in [-0.25, -0.2) is 0 Å². The van der Waals surface area contributed by atoms with Crippen molar-refractivity contribution in [3.05, 3.63) is 0 Å². The monoisotopic (exact) mass is 297 g/mol. The van der Waals surface area contributed by atoms with Gasteiger partial charge in [-0.05, 0) is 39.2 Å². The van der Waals surface area contributed by atoms with E-state index >= 15 is 0 Å². The lowest BCUT2D eigenvalue weighted by Gasteiger charge is -2.44. The van der Waals surface area contributed by atoms with Crippen LogP contribution in [0.3, 0.4) is 0 Å². The van der Waals surface area contributed by atoms with E-state index < -0.39 is 0 Å². The Balaban J connectivity index is 1.59. The zero-order valence-corrected chi connectivity index (χ0v) is 13.0. The van der Waals surface area contributed by atoms with E-state index in [2.05, 4.69) is 4.90 Å². The molecule has 5 nitrogen and oxygen atoms in total. The zero-order valence-electron chi connectivity index (χ0n) is 13.0. The van der Waals surface area contributed by atoms with Gasteiger partial charge in [-0.15, -0.1) is 0 Å². The first-order valence-electron chi connectivity index (χ1n) is 8.35. The summed E-state index contributed by atoms with van der Waals surface area (Å²) in [6.07, 6.45) is 5.18. The van der Waals surface area contributed by atoms with Crippen molar-refractivity contribution in [2.75, 3.05) is 39.5 Å². The van der Waals surface area contributed by atoms with Crippen LogP contribution in [-0.2, 0) is 19.0 Å². The highest BCUT2D eigenvalue weighted by Crippen LogP contribution is 2.36. The van der Waals surface area contributed by atoms with E-state index in [1.54, 1.807) is 0 Å². The van der Waals surface area contributed by atoms with Crippen LogP contribution in [0.5, 0.6) is 0 Å². The normalized spacial score (nSPS) is 37.8. The Morgan fingerprint density at radius 1 is 1.38 bits per heavy atom. The highest BCUT2D eigenvalue weighted by Gasteiger charge is 2.43. The third-order valence-electron chi connectivity index (χ3n) is 5.12. The van der Waals surface area contributed by atoms with Crippen molar-refractivity contribution >= 4 is 5.97 Å². The molecule has 0 radical (unpaired) electrons. The summed E-state index contributed by atoms with van der Waals surface area (Å²) in [5.74, 6) is 0.0329. The van der Waals surface area contributed by atoms with Gasteiger partial charge < -0.3 is 14.2 Å². The van der Waals surface area contributed by atoms with Crippen LogP contribution >= 0.6 is 0 Å². The lowest BCUT2D eigenvalue weighted by molar-refractivity contribution is -0.151. The summed E-state index contributed by atoms with van der Waals surface area (Å²) < 4.78 is 16.8. The number of hydrogen-bond acceptors (Lipinski definition) is 5. The highest BCUT2D eigenvalue weighted by molar-refractivity contribution is 5.72. The summed E-state index contributed by atoms with van der Waals surface area (Å²) in [7, 11) is 0. The number of piperidine rings is 1. The topological polar surface area (TPSA) is 48.0 Å². The predicted octanol–water partition coefficient (Wildman–Crippen LogP) is 1.60. The zero-order chi connectivity index (χ0) is 14.7. The van der Waals surface area contributed by atoms with E-state index in [0.29, 0.717) is 12.6 Å². The molecule has 0 N–H and O–H groups in total. The first kappa shape index (κ1) is 15.3. The van der Waals surface area contributed by atoms with Gasteiger partial charge in [0.2, 0.25) is 0 Å². The number of esters is 1. The number of ether oxygens (including phenoxy) is 3. The van der Waals surface area contributed by atoms with Gasteiger partial charge in [0.1, 0.15) is 0 Å². The summed E-state index contributed by atoms with van der Waals surface area (Å²) in [6.45, 7) is 6.66. The van der Waals surface area contributed by atoms with Crippen LogP contribution in [0.15, 0.2) is 0 Å². The first-order chi connectivity index (χ1) is 10.2. The average molecular weight is 297 g/mol. The van der Waals surface area contributed by atoms with Crippen LogP contribution in [0.2, 0.25) is 0 Å². The number of carbonyl (C=O) groups is 1. The lowest BCUT2D eigenvalue weighted by Crippen LogP contribution is -2.52. The minimum Gasteiger partial charge on any atom is -0.466 e. The van der Waals surface area contributed by atoms with Gasteiger partial charge in [0.15, 0.2) is 0 Å². The van der Waals surface area contributed by atoms with Crippen molar-refractivity contribution in [2.45, 2.75) is 50.7 Å². The third kappa shape index (κ3) is 3.41. The molecule has 3 fully saturated rings. The molecule has 3 unspecified atom stereocenters. The van der Waals surface area contributed by atoms with Gasteiger partial charge in [0.25, 0.3) is 0 Å². The molecule has 3 atom stereocenters. The van der Waals surface area contributed by atoms with Gasteiger partial charge in [-0.2, -0.15) is 0 Å². The minimum absolute atomic E-state index is 0.0202. The molecule has 0 saturated carbocycles. The van der Waals surface area contributed by atoms with E-state index in [0.717, 1.165) is 65.0 Å². The van der Waals surface area contributed by atoms with E-state index in [4.69, 9.17) is 14.2 Å². The maximum atomic E-state index is 12.0. The number of carbonyl (C=O) groups excluding carboxylic acids is 1. The van der Waals surface area contributed by atoms with Gasteiger partial charge in [0.05, 0.1) is 24.7 Å². The smallest absolute Gasteiger partial charge is 0.310 e. The third-order valence-corrected chi connectivity index (χ3v) is 5.12. The molecule has 1 spiro atoms. The highest BCUT2D eigenvalue weighted by atomic mass is 16.6. The van der Waals surface area contributed by atoms with E-state index in [1.807, 2.05) is 6.92 Å². The Morgan fingerprint density at radius 3 is 3.05 bits per heavy atom. The van der Waals surface area contributed by atoms with Crippen molar-refractivity contribution in [1.29, 1.82) is 0 Å². The molecular weight excluding hydrogens is 270 g/mol. The van der Waals surface area contributed by atoms with Crippen LogP contribution in [-0.4, -0.2) is 62.0 Å². The van der Waals surface area contributed by atoms with Crippen LogP contribution in [0.25, 0.3) is 0 Å². The van der Waals surface area contributed by atoms with Crippen molar-refractivity contribution < 1.29 is 19.0 Å². The van der Waals surface area contributed by atoms with Gasteiger partial charge in [-0.1, -0.05) is 0 Å². The molecule has 3 rings (SSSR count). The number of hydrogen-bond donors (Lipinski definition) is 0. The van der Waals surface area contributed by atoms with Crippen LogP contribution in [0.1, 0.15) is 39.0 Å². The molecule has 3 heterocycles. The molecule has 3 aliphatic rings. The second-order valence-corrected chi connectivity index (χ2v) is 6.57. The molecule has 21 heavy (non-hydrogen) atoms. The van der Waals surface area contributed by atoms with E-state index in [1.165, 1.54) is 0 Å². The quantitative estimate of drug-likeness (QED) is 0.741. The fraction of sp³-hybridized carbons (Fsp3) is 0.938. The maximum Gasteiger partial charge on any atom is 0.310 e. The fourth-order valence-electron chi connectivity index (χ4n) is 3.97. The van der Waals surface area contributed by atoms with Gasteiger partial charge in [0, 0.05) is 32.2 Å². The van der Waals surface area contributed by atoms with Crippen molar-refractivity contribution in [1.82, 2.24) is 4.90 Å². The average Bonchev–Trinajstić information content (AvgIpc) is 2.95. The van der Waals surface area contributed by atoms with Gasteiger partial charge in [-0.3, -0.25) is 9.69 Å². The van der Waals surface area contributed by atoms with Crippen LogP contribution < -0.4 is 0 Å². The molecule has 0 amide bonds. The van der Waals surface area contributed by atoms with Gasteiger partial charge >= 0.3 is 5.97 Å². The van der Waals surface area contributed by atoms with Crippen molar-refractivity contribution in [2.24, 2.45) is 5.92 Å². The Bertz CT molecular complexity index is 367. The predicted molar refractivity (Wildman–Crippen MR) is 78.1 cm³/mol. The van der Waals surface area contributed by atoms with Crippen molar-refractivity contribution in [3.63, 3.8) is 0 Å². The Kier molecular flexibility index (Phi) is 4.82. The largest absolute Gasteiger partial charge is 0.466 e. The SMILES string of the molecule is CCOC(=O)C1CCCN(C2CCOC3(CCOC3)C2)C1. The molecular formula is C16H27NO4. The Morgan fingerprint density at radius 2 is 2.29 bits per heavy atom. The summed E-state index contributed by atoms with van der Waals surface area (Å²) in [4.78, 5) is 14.5. The molecule has 0 aromatic carbocycles. The van der Waals surface area contributed by atoms with E-state index in [-0.39, 0.29) is 17.5 Å².